The van der Waals surface area contributed by atoms with Crippen molar-refractivity contribution in [1.82, 2.24) is 15.0 Å². The van der Waals surface area contributed by atoms with Crippen LogP contribution in [0.1, 0.15) is 18.5 Å². The van der Waals surface area contributed by atoms with Crippen LogP contribution >= 0.6 is 15.9 Å². The van der Waals surface area contributed by atoms with E-state index in [0.29, 0.717) is 15.8 Å². The molecule has 0 atom stereocenters. The first-order valence-corrected chi connectivity index (χ1v) is 10.1. The quantitative estimate of drug-likeness (QED) is 0.535. The number of benzene rings is 1. The second-order valence-electron chi connectivity index (χ2n) is 7.21. The lowest BCUT2D eigenvalue weighted by Gasteiger charge is -2.43. The predicted molar refractivity (Wildman–Crippen MR) is 110 cm³/mol. The van der Waals surface area contributed by atoms with Gasteiger partial charge in [-0.3, -0.25) is 4.98 Å². The number of anilines is 1. The molecule has 0 bridgehead atoms. The minimum absolute atomic E-state index is 0.173. The molecule has 1 aliphatic carbocycles. The molecule has 0 amide bonds. The molecular formula is C21H18BrF3N4O. The van der Waals surface area contributed by atoms with Crippen molar-refractivity contribution in [3.05, 3.63) is 64.7 Å². The van der Waals surface area contributed by atoms with Crippen LogP contribution in [0.15, 0.2) is 47.3 Å². The summed E-state index contributed by atoms with van der Waals surface area (Å²) in [4.78, 5) is 12.6. The van der Waals surface area contributed by atoms with Crippen LogP contribution in [-0.2, 0) is 5.41 Å². The third kappa shape index (κ3) is 3.74. The third-order valence-corrected chi connectivity index (χ3v) is 5.90. The van der Waals surface area contributed by atoms with Crippen molar-refractivity contribution in [2.45, 2.75) is 24.4 Å². The average Bonchev–Trinajstić information content (AvgIpc) is 2.72. The van der Waals surface area contributed by atoms with Crippen LogP contribution in [0.25, 0.3) is 11.1 Å². The van der Waals surface area contributed by atoms with Crippen LogP contribution in [-0.4, -0.2) is 34.8 Å². The summed E-state index contributed by atoms with van der Waals surface area (Å²) in [6, 6.07) is 5.70. The highest BCUT2D eigenvalue weighted by molar-refractivity contribution is 9.10. The van der Waals surface area contributed by atoms with E-state index < -0.39 is 23.2 Å². The minimum atomic E-state index is -0.997. The van der Waals surface area contributed by atoms with Gasteiger partial charge in [0.2, 0.25) is 5.95 Å². The fraction of sp³-hybridized carbons (Fsp3) is 0.286. The molecule has 1 N–H and O–H groups in total. The second kappa shape index (κ2) is 8.22. The monoisotopic (exact) mass is 478 g/mol. The summed E-state index contributed by atoms with van der Waals surface area (Å²) in [5.74, 6) is -0.314. The molecule has 0 saturated heterocycles. The van der Waals surface area contributed by atoms with Crippen molar-refractivity contribution in [3.63, 3.8) is 0 Å². The lowest BCUT2D eigenvalue weighted by Crippen LogP contribution is -2.49. The van der Waals surface area contributed by atoms with Gasteiger partial charge in [0.05, 0.1) is 22.8 Å². The fourth-order valence-corrected chi connectivity index (χ4v) is 4.28. The Labute approximate surface area is 179 Å². The van der Waals surface area contributed by atoms with Crippen LogP contribution in [0.4, 0.5) is 19.1 Å². The van der Waals surface area contributed by atoms with Gasteiger partial charge in [0.15, 0.2) is 0 Å². The number of pyridine rings is 1. The molecule has 1 aromatic carbocycles. The molecule has 0 radical (unpaired) electrons. The van der Waals surface area contributed by atoms with Crippen molar-refractivity contribution in [2.24, 2.45) is 0 Å². The Morgan fingerprint density at radius 2 is 1.87 bits per heavy atom. The Morgan fingerprint density at radius 3 is 2.50 bits per heavy atom. The molecule has 0 aliphatic heterocycles. The van der Waals surface area contributed by atoms with Crippen LogP contribution in [0.5, 0.6) is 5.75 Å². The van der Waals surface area contributed by atoms with Gasteiger partial charge in [-0.25, -0.2) is 23.1 Å². The highest BCUT2D eigenvalue weighted by Gasteiger charge is 2.48. The highest BCUT2D eigenvalue weighted by atomic mass is 79.9. The standard InChI is InChI=1S/C21H18BrF3N4O/c1-30-18-14(22)4-5-15(24)17(18)12-9-27-20(28-10-12)29-11-21(7-13(23)8-21)19-16(25)3-2-6-26-19/h2-6,9-10,13H,7-8,11H2,1H3,(H,27,28,29)/t13-,21+. The van der Waals surface area contributed by atoms with E-state index in [9.17, 15) is 13.2 Å². The molecule has 1 saturated carbocycles. The molecule has 30 heavy (non-hydrogen) atoms. The fourth-order valence-electron chi connectivity index (χ4n) is 3.78. The highest BCUT2D eigenvalue weighted by Crippen LogP contribution is 2.45. The third-order valence-electron chi connectivity index (χ3n) is 5.27. The van der Waals surface area contributed by atoms with Gasteiger partial charge in [0, 0.05) is 36.1 Å². The van der Waals surface area contributed by atoms with E-state index in [1.807, 2.05) is 0 Å². The Hall–Kier alpha value is -2.68. The molecule has 0 unspecified atom stereocenters. The number of methoxy groups -OCH3 is 1. The van der Waals surface area contributed by atoms with Crippen LogP contribution in [0, 0.1) is 11.6 Å². The maximum Gasteiger partial charge on any atom is 0.222 e. The number of aromatic nitrogens is 3. The summed E-state index contributed by atoms with van der Waals surface area (Å²) in [5, 5.41) is 3.04. The lowest BCUT2D eigenvalue weighted by atomic mass is 9.65. The summed E-state index contributed by atoms with van der Waals surface area (Å²) < 4.78 is 48.2. The minimum Gasteiger partial charge on any atom is -0.495 e. The van der Waals surface area contributed by atoms with Crippen LogP contribution in [0.2, 0.25) is 0 Å². The van der Waals surface area contributed by atoms with Gasteiger partial charge in [0.25, 0.3) is 0 Å². The Bertz CT molecular complexity index is 1060. The molecule has 3 aromatic rings. The number of ether oxygens (including phenoxy) is 1. The lowest BCUT2D eigenvalue weighted by molar-refractivity contribution is 0.0963. The summed E-state index contributed by atoms with van der Waals surface area (Å²) in [7, 11) is 1.45. The number of nitrogens with zero attached hydrogens (tertiary/aromatic N) is 3. The summed E-state index contributed by atoms with van der Waals surface area (Å²) in [6.07, 6.45) is 3.78. The Balaban J connectivity index is 1.55. The molecule has 1 aliphatic rings. The molecule has 9 heteroatoms. The van der Waals surface area contributed by atoms with E-state index in [1.54, 1.807) is 6.07 Å². The maximum atomic E-state index is 14.4. The van der Waals surface area contributed by atoms with E-state index >= 15 is 0 Å². The summed E-state index contributed by atoms with van der Waals surface area (Å²) in [6.45, 7) is 0.231. The number of halogens is 4. The number of nitrogens with one attached hydrogen (secondary N) is 1. The number of alkyl halides is 1. The molecule has 4 rings (SSSR count). The zero-order chi connectivity index (χ0) is 21.3. The topological polar surface area (TPSA) is 59.9 Å². The van der Waals surface area contributed by atoms with E-state index in [-0.39, 0.29) is 36.6 Å². The number of rotatable bonds is 6. The van der Waals surface area contributed by atoms with Crippen molar-refractivity contribution < 1.29 is 17.9 Å². The molecular weight excluding hydrogens is 461 g/mol. The zero-order valence-electron chi connectivity index (χ0n) is 16.0. The second-order valence-corrected chi connectivity index (χ2v) is 8.06. The average molecular weight is 479 g/mol. The largest absolute Gasteiger partial charge is 0.495 e. The van der Waals surface area contributed by atoms with Gasteiger partial charge in [-0.05, 0) is 53.0 Å². The molecule has 156 valence electrons. The van der Waals surface area contributed by atoms with Crippen molar-refractivity contribution in [1.29, 1.82) is 0 Å². The van der Waals surface area contributed by atoms with Crippen molar-refractivity contribution in [2.75, 3.05) is 19.0 Å². The maximum absolute atomic E-state index is 14.4. The van der Waals surface area contributed by atoms with Crippen LogP contribution in [0.3, 0.4) is 0 Å². The molecule has 5 nitrogen and oxygen atoms in total. The van der Waals surface area contributed by atoms with Gasteiger partial charge >= 0.3 is 0 Å². The first-order valence-electron chi connectivity index (χ1n) is 9.27. The molecule has 1 fully saturated rings. The number of hydrogen-bond acceptors (Lipinski definition) is 5. The predicted octanol–water partition coefficient (Wildman–Crippen LogP) is 5.07. The Morgan fingerprint density at radius 1 is 1.13 bits per heavy atom. The van der Waals surface area contributed by atoms with E-state index in [1.165, 1.54) is 43.9 Å². The van der Waals surface area contributed by atoms with Gasteiger partial charge in [-0.1, -0.05) is 0 Å². The van der Waals surface area contributed by atoms with Crippen molar-refractivity contribution >= 4 is 21.9 Å². The first-order chi connectivity index (χ1) is 14.4. The van der Waals surface area contributed by atoms with E-state index in [2.05, 4.69) is 36.2 Å². The molecule has 2 aromatic heterocycles. The van der Waals surface area contributed by atoms with E-state index in [0.717, 1.165) is 0 Å². The smallest absolute Gasteiger partial charge is 0.222 e. The Kier molecular flexibility index (Phi) is 5.64. The van der Waals surface area contributed by atoms with Gasteiger partial charge in [-0.15, -0.1) is 0 Å². The van der Waals surface area contributed by atoms with Crippen LogP contribution < -0.4 is 10.1 Å². The normalized spacial score (nSPS) is 20.5. The van der Waals surface area contributed by atoms with Gasteiger partial charge < -0.3 is 10.1 Å². The van der Waals surface area contributed by atoms with Gasteiger partial charge in [0.1, 0.15) is 23.6 Å². The summed E-state index contributed by atoms with van der Waals surface area (Å²) >= 11 is 3.34. The first kappa shape index (κ1) is 20.6. The van der Waals surface area contributed by atoms with Crippen molar-refractivity contribution in [3.8, 4) is 16.9 Å². The molecule has 0 spiro atoms. The van der Waals surface area contributed by atoms with Gasteiger partial charge in [-0.2, -0.15) is 0 Å². The zero-order valence-corrected chi connectivity index (χ0v) is 17.6. The summed E-state index contributed by atoms with van der Waals surface area (Å²) in [5.41, 5.74) is 0.162. The molecule has 2 heterocycles. The van der Waals surface area contributed by atoms with E-state index in [4.69, 9.17) is 4.74 Å². The number of hydrogen-bond donors (Lipinski definition) is 1. The SMILES string of the molecule is COc1c(Br)ccc(F)c1-c1cnc(NC[C@]2(c3ncccc3F)C[C@@H](F)C2)nc1.